The van der Waals surface area contributed by atoms with Crippen LogP contribution in [0, 0.1) is 5.92 Å². The largest absolute Gasteiger partial charge is 0.496 e. The number of piperidine rings is 1. The molecule has 0 aliphatic carbocycles. The van der Waals surface area contributed by atoms with E-state index in [9.17, 15) is 0 Å². The Labute approximate surface area is 126 Å². The third-order valence-corrected chi connectivity index (χ3v) is 5.48. The Kier molecular flexibility index (Phi) is 3.18. The van der Waals surface area contributed by atoms with Crippen molar-refractivity contribution in [2.75, 3.05) is 20.2 Å². The Morgan fingerprint density at radius 1 is 1.33 bits per heavy atom. The number of aromatic amines is 1. The van der Waals surface area contributed by atoms with E-state index in [-0.39, 0.29) is 0 Å². The number of fused-ring (bicyclic) bond motifs is 5. The van der Waals surface area contributed by atoms with Crippen LogP contribution in [0.5, 0.6) is 5.75 Å². The molecule has 0 saturated carbocycles. The summed E-state index contributed by atoms with van der Waals surface area (Å²) in [5.41, 5.74) is 4.19. The normalized spacial score (nSPS) is 25.6. The van der Waals surface area contributed by atoms with E-state index in [1.807, 2.05) is 0 Å². The number of rotatable bonds is 2. The molecule has 0 unspecified atom stereocenters. The molecule has 0 radical (unpaired) electrons. The van der Waals surface area contributed by atoms with Gasteiger partial charge in [0.25, 0.3) is 0 Å². The quantitative estimate of drug-likeness (QED) is 0.906. The van der Waals surface area contributed by atoms with E-state index in [1.54, 1.807) is 7.11 Å². The van der Waals surface area contributed by atoms with Gasteiger partial charge in [0.05, 0.1) is 13.2 Å². The highest BCUT2D eigenvalue weighted by molar-refractivity contribution is 5.91. The fourth-order valence-electron chi connectivity index (χ4n) is 4.30. The molecule has 3 nitrogen and oxygen atoms in total. The van der Waals surface area contributed by atoms with E-state index in [2.05, 4.69) is 35.0 Å². The third kappa shape index (κ3) is 1.98. The monoisotopic (exact) mass is 284 g/mol. The summed E-state index contributed by atoms with van der Waals surface area (Å²) in [7, 11) is 1.77. The van der Waals surface area contributed by atoms with Crippen molar-refractivity contribution in [2.24, 2.45) is 5.92 Å². The van der Waals surface area contributed by atoms with Crippen LogP contribution < -0.4 is 4.74 Å². The Bertz CT molecular complexity index is 661. The van der Waals surface area contributed by atoms with Crippen molar-refractivity contribution in [3.05, 3.63) is 29.5 Å². The van der Waals surface area contributed by atoms with Crippen molar-refractivity contribution in [2.45, 2.75) is 38.6 Å². The molecule has 3 heterocycles. The van der Waals surface area contributed by atoms with Gasteiger partial charge in [-0.25, -0.2) is 0 Å². The number of nitrogens with zero attached hydrogens (tertiary/aromatic N) is 1. The standard InChI is InChI=1S/C18H24N2O/c1-3-12-7-8-15-18-13(9-10-20(15)11-12)17-14(19-18)5-4-6-16(17)21-2/h4-6,12,15,19H,3,7-11H2,1-2H3/t12-,15-/m0/s1. The van der Waals surface area contributed by atoms with E-state index < -0.39 is 0 Å². The second kappa shape index (κ2) is 5.06. The molecule has 0 bridgehead atoms. The maximum atomic E-state index is 5.59. The first-order valence-electron chi connectivity index (χ1n) is 8.23. The van der Waals surface area contributed by atoms with Crippen LogP contribution in [0.15, 0.2) is 18.2 Å². The molecule has 4 rings (SSSR count). The highest BCUT2D eigenvalue weighted by atomic mass is 16.5. The first-order chi connectivity index (χ1) is 10.3. The molecule has 1 saturated heterocycles. The lowest BCUT2D eigenvalue weighted by Gasteiger charge is -2.42. The summed E-state index contributed by atoms with van der Waals surface area (Å²) in [6.45, 7) is 4.79. The number of aromatic nitrogens is 1. The van der Waals surface area contributed by atoms with Gasteiger partial charge in [-0.3, -0.25) is 4.90 Å². The summed E-state index contributed by atoms with van der Waals surface area (Å²) < 4.78 is 5.59. The number of benzene rings is 1. The number of H-pyrrole nitrogens is 1. The van der Waals surface area contributed by atoms with Gasteiger partial charge in [-0.15, -0.1) is 0 Å². The van der Waals surface area contributed by atoms with Crippen molar-refractivity contribution in [1.82, 2.24) is 9.88 Å². The molecule has 0 amide bonds. The third-order valence-electron chi connectivity index (χ3n) is 5.48. The van der Waals surface area contributed by atoms with Crippen molar-refractivity contribution in [3.8, 4) is 5.75 Å². The van der Waals surface area contributed by atoms with Gasteiger partial charge in [-0.2, -0.15) is 0 Å². The van der Waals surface area contributed by atoms with Gasteiger partial charge in [0.15, 0.2) is 0 Å². The van der Waals surface area contributed by atoms with Gasteiger partial charge >= 0.3 is 0 Å². The van der Waals surface area contributed by atoms with Crippen LogP contribution in [0.2, 0.25) is 0 Å². The Morgan fingerprint density at radius 2 is 2.24 bits per heavy atom. The Morgan fingerprint density at radius 3 is 3.05 bits per heavy atom. The van der Waals surface area contributed by atoms with Crippen LogP contribution in [0.3, 0.4) is 0 Å². The summed E-state index contributed by atoms with van der Waals surface area (Å²) in [6, 6.07) is 6.93. The van der Waals surface area contributed by atoms with Crippen LogP contribution in [-0.4, -0.2) is 30.1 Å². The first-order valence-corrected chi connectivity index (χ1v) is 8.23. The number of nitrogens with one attached hydrogen (secondary N) is 1. The SMILES string of the molecule is CC[C@H]1CC[C@H]2c3[nH]c4cccc(OC)c4c3CCN2C1. The smallest absolute Gasteiger partial charge is 0.128 e. The van der Waals surface area contributed by atoms with E-state index in [0.29, 0.717) is 6.04 Å². The van der Waals surface area contributed by atoms with E-state index in [0.717, 1.165) is 18.1 Å². The molecule has 2 aliphatic rings. The zero-order chi connectivity index (χ0) is 14.4. The lowest BCUT2D eigenvalue weighted by atomic mass is 9.85. The highest BCUT2D eigenvalue weighted by Gasteiger charge is 2.35. The van der Waals surface area contributed by atoms with Gasteiger partial charge in [0.1, 0.15) is 5.75 Å². The summed E-state index contributed by atoms with van der Waals surface area (Å²) >= 11 is 0. The maximum absolute atomic E-state index is 5.59. The minimum absolute atomic E-state index is 0.591. The number of ether oxygens (including phenoxy) is 1. The van der Waals surface area contributed by atoms with Crippen molar-refractivity contribution in [3.63, 3.8) is 0 Å². The molecular weight excluding hydrogens is 260 g/mol. The van der Waals surface area contributed by atoms with Crippen LogP contribution in [0.4, 0.5) is 0 Å². The molecule has 1 N–H and O–H groups in total. The summed E-state index contributed by atoms with van der Waals surface area (Å²) in [5, 5.41) is 1.31. The summed E-state index contributed by atoms with van der Waals surface area (Å²) in [5.74, 6) is 1.91. The van der Waals surface area contributed by atoms with Gasteiger partial charge in [0, 0.05) is 29.7 Å². The number of hydrogen-bond donors (Lipinski definition) is 1. The van der Waals surface area contributed by atoms with E-state index in [1.165, 1.54) is 54.5 Å². The molecule has 2 atom stereocenters. The lowest BCUT2D eigenvalue weighted by Crippen LogP contribution is -2.42. The molecule has 21 heavy (non-hydrogen) atoms. The fourth-order valence-corrected chi connectivity index (χ4v) is 4.30. The zero-order valence-electron chi connectivity index (χ0n) is 13.0. The van der Waals surface area contributed by atoms with Crippen LogP contribution >= 0.6 is 0 Å². The zero-order valence-corrected chi connectivity index (χ0v) is 13.0. The van der Waals surface area contributed by atoms with Crippen molar-refractivity contribution < 1.29 is 4.74 Å². The van der Waals surface area contributed by atoms with E-state index in [4.69, 9.17) is 4.74 Å². The fraction of sp³-hybridized carbons (Fsp3) is 0.556. The van der Waals surface area contributed by atoms with Gasteiger partial charge < -0.3 is 9.72 Å². The first kappa shape index (κ1) is 13.2. The average Bonchev–Trinajstić information content (AvgIpc) is 2.93. The number of methoxy groups -OCH3 is 1. The second-order valence-electron chi connectivity index (χ2n) is 6.51. The molecular formula is C18H24N2O. The average molecular weight is 284 g/mol. The number of hydrogen-bond acceptors (Lipinski definition) is 2. The molecule has 1 fully saturated rings. The van der Waals surface area contributed by atoms with Crippen molar-refractivity contribution >= 4 is 10.9 Å². The molecule has 0 spiro atoms. The molecule has 1 aromatic carbocycles. The minimum atomic E-state index is 0.591. The van der Waals surface area contributed by atoms with Gasteiger partial charge in [-0.05, 0) is 42.9 Å². The second-order valence-corrected chi connectivity index (χ2v) is 6.51. The topological polar surface area (TPSA) is 28.3 Å². The van der Waals surface area contributed by atoms with Gasteiger partial charge in [0.2, 0.25) is 0 Å². The van der Waals surface area contributed by atoms with Crippen molar-refractivity contribution in [1.29, 1.82) is 0 Å². The summed E-state index contributed by atoms with van der Waals surface area (Å²) in [4.78, 5) is 6.40. The molecule has 3 heteroatoms. The molecule has 2 aliphatic heterocycles. The maximum Gasteiger partial charge on any atom is 0.128 e. The van der Waals surface area contributed by atoms with Crippen LogP contribution in [0.25, 0.3) is 10.9 Å². The minimum Gasteiger partial charge on any atom is -0.496 e. The molecule has 112 valence electrons. The van der Waals surface area contributed by atoms with Gasteiger partial charge in [-0.1, -0.05) is 19.4 Å². The molecule has 1 aromatic heterocycles. The van der Waals surface area contributed by atoms with Crippen LogP contribution in [-0.2, 0) is 6.42 Å². The lowest BCUT2D eigenvalue weighted by molar-refractivity contribution is 0.0949. The summed E-state index contributed by atoms with van der Waals surface area (Å²) in [6.07, 6.45) is 5.11. The predicted molar refractivity (Wildman–Crippen MR) is 85.9 cm³/mol. The van der Waals surface area contributed by atoms with Crippen LogP contribution in [0.1, 0.15) is 43.5 Å². The Balaban J connectivity index is 1.79. The van der Waals surface area contributed by atoms with E-state index >= 15 is 0 Å². The highest BCUT2D eigenvalue weighted by Crippen LogP contribution is 2.43. The Hall–Kier alpha value is -1.48. The molecule has 2 aromatic rings. The predicted octanol–water partition coefficient (Wildman–Crippen LogP) is 3.90.